The minimum atomic E-state index is -0.168. The third-order valence-corrected chi connectivity index (χ3v) is 1.47. The van der Waals surface area contributed by atoms with Crippen LogP contribution >= 0.6 is 0 Å². The largest absolute Gasteiger partial charge is 0.372 e. The number of amides is 1. The summed E-state index contributed by atoms with van der Waals surface area (Å²) in [5.41, 5.74) is 0. The lowest BCUT2D eigenvalue weighted by atomic mass is 10.5. The van der Waals surface area contributed by atoms with Crippen LogP contribution in [-0.4, -0.2) is 39.3 Å². The summed E-state index contributed by atoms with van der Waals surface area (Å²) < 4.78 is 15.1. The maximum atomic E-state index is 11.0. The van der Waals surface area contributed by atoms with Crippen LogP contribution in [0.4, 0.5) is 0 Å². The smallest absolute Gasteiger partial charge is 0.247 e. The van der Waals surface area contributed by atoms with Crippen molar-refractivity contribution in [2.24, 2.45) is 0 Å². The summed E-state index contributed by atoms with van der Waals surface area (Å²) in [6.45, 7) is 5.76. The molecule has 90 valence electrons. The van der Waals surface area contributed by atoms with Crippen LogP contribution in [0.15, 0.2) is 0 Å². The Kier molecular flexibility index (Phi) is 10.9. The van der Waals surface area contributed by atoms with Gasteiger partial charge in [0.15, 0.2) is 0 Å². The first-order valence-electron chi connectivity index (χ1n) is 5.31. The summed E-state index contributed by atoms with van der Waals surface area (Å²) in [4.78, 5) is 11.0. The minimum absolute atomic E-state index is 0.0903. The molecule has 0 aromatic heterocycles. The summed E-state index contributed by atoms with van der Waals surface area (Å²) in [5, 5.41) is 2.55. The Morgan fingerprint density at radius 2 is 1.73 bits per heavy atom. The molecule has 0 aliphatic rings. The topological polar surface area (TPSA) is 56.8 Å². The number of carbonyl (C=O) groups excluding carboxylic acids is 1. The molecule has 0 fully saturated rings. The second kappa shape index (κ2) is 11.4. The molecule has 0 saturated carbocycles. The summed E-state index contributed by atoms with van der Waals surface area (Å²) in [5.74, 6) is -0.168. The first-order chi connectivity index (χ1) is 7.31. The highest BCUT2D eigenvalue weighted by Gasteiger charge is 1.99. The van der Waals surface area contributed by atoms with Gasteiger partial charge in [0.25, 0.3) is 0 Å². The lowest BCUT2D eigenvalue weighted by Crippen LogP contribution is -2.30. The van der Waals surface area contributed by atoms with E-state index in [1.165, 1.54) is 0 Å². The number of nitrogens with one attached hydrogen (secondary N) is 1. The Bertz CT molecular complexity index is 152. The summed E-state index contributed by atoms with van der Waals surface area (Å²) in [6, 6.07) is 0. The van der Waals surface area contributed by atoms with Crippen molar-refractivity contribution >= 4 is 5.91 Å². The first-order valence-corrected chi connectivity index (χ1v) is 5.31. The average Bonchev–Trinajstić information content (AvgIpc) is 2.23. The van der Waals surface area contributed by atoms with Gasteiger partial charge in [0, 0.05) is 13.2 Å². The van der Waals surface area contributed by atoms with Crippen LogP contribution in [0, 0.1) is 0 Å². The Balaban J connectivity index is 3.10. The highest BCUT2D eigenvalue weighted by Crippen LogP contribution is 1.82. The summed E-state index contributed by atoms with van der Waals surface area (Å²) >= 11 is 0. The quantitative estimate of drug-likeness (QED) is 0.438. The highest BCUT2D eigenvalue weighted by atomic mass is 16.7. The van der Waals surface area contributed by atoms with E-state index in [9.17, 15) is 4.79 Å². The molecule has 1 N–H and O–H groups in total. The van der Waals surface area contributed by atoms with Crippen molar-refractivity contribution in [3.05, 3.63) is 0 Å². The maximum Gasteiger partial charge on any atom is 0.247 e. The van der Waals surface area contributed by atoms with Gasteiger partial charge in [-0.15, -0.1) is 0 Å². The molecule has 5 heteroatoms. The van der Waals surface area contributed by atoms with Crippen molar-refractivity contribution in [1.82, 2.24) is 5.32 Å². The molecule has 0 aromatic carbocycles. The monoisotopic (exact) mass is 219 g/mol. The molecule has 0 aliphatic heterocycles. The van der Waals surface area contributed by atoms with Crippen molar-refractivity contribution in [2.75, 3.05) is 33.3 Å². The summed E-state index contributed by atoms with van der Waals surface area (Å²) in [6.07, 6.45) is 1.87. The maximum absolute atomic E-state index is 11.0. The van der Waals surface area contributed by atoms with Gasteiger partial charge in [-0.1, -0.05) is 13.8 Å². The fraction of sp³-hybridized carbons (Fsp3) is 0.900. The lowest BCUT2D eigenvalue weighted by Gasteiger charge is -2.07. The van der Waals surface area contributed by atoms with E-state index in [2.05, 4.69) is 5.32 Å². The number of ether oxygens (including phenoxy) is 3. The van der Waals surface area contributed by atoms with Crippen LogP contribution in [0.2, 0.25) is 0 Å². The second-order valence-corrected chi connectivity index (χ2v) is 3.03. The molecule has 0 aliphatic carbocycles. The molecule has 0 unspecified atom stereocenters. The van der Waals surface area contributed by atoms with Gasteiger partial charge in [0.05, 0.1) is 0 Å². The molecule has 15 heavy (non-hydrogen) atoms. The van der Waals surface area contributed by atoms with Gasteiger partial charge in [-0.05, 0) is 12.8 Å². The molecule has 1 amide bonds. The Morgan fingerprint density at radius 3 is 2.40 bits per heavy atom. The molecule has 0 bridgehead atoms. The van der Waals surface area contributed by atoms with E-state index in [-0.39, 0.29) is 26.0 Å². The van der Waals surface area contributed by atoms with E-state index in [0.717, 1.165) is 12.8 Å². The third-order valence-electron chi connectivity index (χ3n) is 1.47. The first kappa shape index (κ1) is 14.3. The van der Waals surface area contributed by atoms with Crippen LogP contribution in [0.5, 0.6) is 0 Å². The fourth-order valence-electron chi connectivity index (χ4n) is 0.796. The zero-order chi connectivity index (χ0) is 11.4. The van der Waals surface area contributed by atoms with E-state index < -0.39 is 0 Å². The van der Waals surface area contributed by atoms with Crippen LogP contribution in [0.3, 0.4) is 0 Å². The predicted molar refractivity (Wildman–Crippen MR) is 56.3 cm³/mol. The van der Waals surface area contributed by atoms with Crippen molar-refractivity contribution in [3.63, 3.8) is 0 Å². The fourth-order valence-corrected chi connectivity index (χ4v) is 0.796. The Hall–Kier alpha value is -0.650. The van der Waals surface area contributed by atoms with Gasteiger partial charge in [-0.25, -0.2) is 0 Å². The lowest BCUT2D eigenvalue weighted by molar-refractivity contribution is -0.129. The molecule has 0 aromatic rings. The van der Waals surface area contributed by atoms with Crippen LogP contribution in [0.1, 0.15) is 26.7 Å². The number of carbonyl (C=O) groups is 1. The molecule has 0 saturated heterocycles. The van der Waals surface area contributed by atoms with E-state index in [1.807, 2.05) is 13.8 Å². The SMILES string of the molecule is CCCOCOCNC(=O)COCCC. The zero-order valence-electron chi connectivity index (χ0n) is 9.58. The Labute approximate surface area is 91.1 Å². The average molecular weight is 219 g/mol. The van der Waals surface area contributed by atoms with Crippen LogP contribution in [0.25, 0.3) is 0 Å². The Morgan fingerprint density at radius 1 is 1.07 bits per heavy atom. The molecule has 0 spiro atoms. The molecular weight excluding hydrogens is 198 g/mol. The number of hydrogen-bond donors (Lipinski definition) is 1. The van der Waals surface area contributed by atoms with Gasteiger partial charge in [-0.3, -0.25) is 4.79 Å². The minimum Gasteiger partial charge on any atom is -0.372 e. The van der Waals surface area contributed by atoms with Crippen molar-refractivity contribution in [1.29, 1.82) is 0 Å². The van der Waals surface area contributed by atoms with E-state index in [4.69, 9.17) is 14.2 Å². The molecule has 5 nitrogen and oxygen atoms in total. The van der Waals surface area contributed by atoms with Crippen LogP contribution in [-0.2, 0) is 19.0 Å². The third kappa shape index (κ3) is 11.3. The molecule has 0 atom stereocenters. The van der Waals surface area contributed by atoms with Gasteiger partial charge in [0.2, 0.25) is 5.91 Å². The van der Waals surface area contributed by atoms with Gasteiger partial charge in [0.1, 0.15) is 20.1 Å². The van der Waals surface area contributed by atoms with Crippen molar-refractivity contribution in [2.45, 2.75) is 26.7 Å². The highest BCUT2D eigenvalue weighted by molar-refractivity contribution is 5.76. The van der Waals surface area contributed by atoms with Gasteiger partial charge in [-0.2, -0.15) is 0 Å². The molecule has 0 rings (SSSR count). The predicted octanol–water partition coefficient (Wildman–Crippen LogP) is 0.887. The second-order valence-electron chi connectivity index (χ2n) is 3.03. The van der Waals surface area contributed by atoms with Gasteiger partial charge < -0.3 is 19.5 Å². The normalized spacial score (nSPS) is 10.3. The molecule has 0 radical (unpaired) electrons. The van der Waals surface area contributed by atoms with Crippen LogP contribution < -0.4 is 5.32 Å². The number of hydrogen-bond acceptors (Lipinski definition) is 4. The van der Waals surface area contributed by atoms with Crippen molar-refractivity contribution < 1.29 is 19.0 Å². The molecule has 0 heterocycles. The van der Waals surface area contributed by atoms with E-state index in [0.29, 0.717) is 13.2 Å². The molecular formula is C10H21NO4. The van der Waals surface area contributed by atoms with E-state index >= 15 is 0 Å². The standard InChI is InChI=1S/C10H21NO4/c1-3-5-13-7-10(12)11-8-15-9-14-6-4-2/h3-9H2,1-2H3,(H,11,12). The summed E-state index contributed by atoms with van der Waals surface area (Å²) in [7, 11) is 0. The van der Waals surface area contributed by atoms with Gasteiger partial charge >= 0.3 is 0 Å². The zero-order valence-corrected chi connectivity index (χ0v) is 9.58. The van der Waals surface area contributed by atoms with Crippen molar-refractivity contribution in [3.8, 4) is 0 Å². The van der Waals surface area contributed by atoms with E-state index in [1.54, 1.807) is 0 Å². The number of rotatable bonds is 10.